The number of carbonyl (C=O) groups excluding carboxylic acids is 1. The first-order valence-electron chi connectivity index (χ1n) is 7.49. The zero-order valence-corrected chi connectivity index (χ0v) is 11.8. The van der Waals surface area contributed by atoms with E-state index in [2.05, 4.69) is 10.6 Å². The number of amides is 1. The van der Waals surface area contributed by atoms with Crippen LogP contribution in [0.5, 0.6) is 0 Å². The van der Waals surface area contributed by atoms with Crippen LogP contribution in [0.15, 0.2) is 0 Å². The van der Waals surface area contributed by atoms with Crippen LogP contribution in [0.3, 0.4) is 0 Å². The molecule has 0 spiro atoms. The molecule has 2 rings (SSSR count). The number of nitrogens with one attached hydrogen (secondary N) is 2. The molecule has 2 unspecified atom stereocenters. The van der Waals surface area contributed by atoms with E-state index >= 15 is 0 Å². The summed E-state index contributed by atoms with van der Waals surface area (Å²) < 4.78 is 11.3. The topological polar surface area (TPSA) is 59.6 Å². The van der Waals surface area contributed by atoms with E-state index in [-0.39, 0.29) is 18.1 Å². The normalized spacial score (nSPS) is 26.3. The van der Waals surface area contributed by atoms with Crippen molar-refractivity contribution in [3.8, 4) is 0 Å². The fraction of sp³-hybridized carbons (Fsp3) is 0.929. The van der Waals surface area contributed by atoms with Crippen molar-refractivity contribution in [2.75, 3.05) is 26.3 Å². The van der Waals surface area contributed by atoms with Crippen molar-refractivity contribution in [1.29, 1.82) is 0 Å². The molecular formula is C14H26N2O3. The first kappa shape index (κ1) is 14.8. The molecular weight excluding hydrogens is 244 g/mol. The number of rotatable bonds is 6. The van der Waals surface area contributed by atoms with Crippen LogP contribution >= 0.6 is 0 Å². The summed E-state index contributed by atoms with van der Waals surface area (Å²) >= 11 is 0. The second-order valence-electron chi connectivity index (χ2n) is 5.48. The van der Waals surface area contributed by atoms with Gasteiger partial charge in [-0.05, 0) is 45.7 Å². The molecule has 0 radical (unpaired) electrons. The average molecular weight is 270 g/mol. The van der Waals surface area contributed by atoms with Crippen molar-refractivity contribution in [3.05, 3.63) is 0 Å². The van der Waals surface area contributed by atoms with Crippen LogP contribution in [0.2, 0.25) is 0 Å². The van der Waals surface area contributed by atoms with Gasteiger partial charge in [-0.2, -0.15) is 0 Å². The predicted molar refractivity (Wildman–Crippen MR) is 73.0 cm³/mol. The average Bonchev–Trinajstić information content (AvgIpc) is 2.94. The zero-order chi connectivity index (χ0) is 13.5. The largest absolute Gasteiger partial charge is 0.378 e. The highest BCUT2D eigenvalue weighted by Gasteiger charge is 2.23. The second-order valence-corrected chi connectivity index (χ2v) is 5.48. The van der Waals surface area contributed by atoms with Crippen molar-refractivity contribution in [2.24, 2.45) is 0 Å². The van der Waals surface area contributed by atoms with Crippen molar-refractivity contribution in [1.82, 2.24) is 10.6 Å². The Kier molecular flexibility index (Phi) is 6.07. The van der Waals surface area contributed by atoms with Crippen LogP contribution in [0.4, 0.5) is 0 Å². The van der Waals surface area contributed by atoms with Gasteiger partial charge in [0, 0.05) is 13.0 Å². The molecule has 2 aliphatic rings. The summed E-state index contributed by atoms with van der Waals surface area (Å²) in [5.41, 5.74) is 0. The second kappa shape index (κ2) is 7.82. The van der Waals surface area contributed by atoms with Crippen molar-refractivity contribution >= 4 is 5.91 Å². The van der Waals surface area contributed by atoms with Gasteiger partial charge in [0.05, 0.1) is 24.9 Å². The molecule has 0 aromatic carbocycles. The molecule has 5 nitrogen and oxygen atoms in total. The van der Waals surface area contributed by atoms with E-state index in [0.717, 1.165) is 45.4 Å². The highest BCUT2D eigenvalue weighted by atomic mass is 16.5. The first-order valence-corrected chi connectivity index (χ1v) is 7.49. The standard InChI is InChI=1S/C14H26N2O3/c1-11(13-3-2-9-19-13)16-14(17)6-10-18-12-4-7-15-8-5-12/h11-13,15H,2-10H2,1H3,(H,16,17). The molecule has 0 aromatic heterocycles. The molecule has 5 heteroatoms. The van der Waals surface area contributed by atoms with Gasteiger partial charge in [0.1, 0.15) is 0 Å². The summed E-state index contributed by atoms with van der Waals surface area (Å²) in [7, 11) is 0. The summed E-state index contributed by atoms with van der Waals surface area (Å²) in [5.74, 6) is 0.0666. The molecule has 19 heavy (non-hydrogen) atoms. The highest BCUT2D eigenvalue weighted by Crippen LogP contribution is 2.15. The van der Waals surface area contributed by atoms with Crippen LogP contribution in [0.1, 0.15) is 39.0 Å². The molecule has 2 heterocycles. The minimum Gasteiger partial charge on any atom is -0.378 e. The van der Waals surface area contributed by atoms with E-state index in [9.17, 15) is 4.79 Å². The van der Waals surface area contributed by atoms with Crippen LogP contribution < -0.4 is 10.6 Å². The molecule has 110 valence electrons. The zero-order valence-electron chi connectivity index (χ0n) is 11.8. The summed E-state index contributed by atoms with van der Waals surface area (Å²) in [5, 5.41) is 6.30. The number of hydrogen-bond acceptors (Lipinski definition) is 4. The van der Waals surface area contributed by atoms with Gasteiger partial charge in [0.2, 0.25) is 5.91 Å². The third-order valence-electron chi connectivity index (χ3n) is 3.88. The predicted octanol–water partition coefficient (Wildman–Crippen LogP) is 0.829. The highest BCUT2D eigenvalue weighted by molar-refractivity contribution is 5.76. The third-order valence-corrected chi connectivity index (χ3v) is 3.88. The number of carbonyl (C=O) groups is 1. The summed E-state index contributed by atoms with van der Waals surface area (Å²) in [6.45, 7) is 5.40. The van der Waals surface area contributed by atoms with Crippen LogP contribution in [-0.4, -0.2) is 50.5 Å². The lowest BCUT2D eigenvalue weighted by Gasteiger charge is -2.23. The SMILES string of the molecule is CC(NC(=O)CCOC1CCNCC1)C1CCCO1. The lowest BCUT2D eigenvalue weighted by Crippen LogP contribution is -2.41. The summed E-state index contributed by atoms with van der Waals surface area (Å²) in [6.07, 6.45) is 5.21. The Balaban J connectivity index is 1.56. The number of piperidine rings is 1. The lowest BCUT2D eigenvalue weighted by atomic mass is 10.1. The summed E-state index contributed by atoms with van der Waals surface area (Å²) in [6, 6.07) is 0.105. The monoisotopic (exact) mass is 270 g/mol. The quantitative estimate of drug-likeness (QED) is 0.750. The van der Waals surface area contributed by atoms with Gasteiger partial charge in [0.15, 0.2) is 0 Å². The fourth-order valence-corrected chi connectivity index (χ4v) is 2.70. The molecule has 0 bridgehead atoms. The molecule has 2 N–H and O–H groups in total. The minimum absolute atomic E-state index is 0.0666. The van der Waals surface area contributed by atoms with E-state index in [0.29, 0.717) is 19.1 Å². The number of hydrogen-bond donors (Lipinski definition) is 2. The van der Waals surface area contributed by atoms with Crippen molar-refractivity contribution < 1.29 is 14.3 Å². The van der Waals surface area contributed by atoms with Gasteiger partial charge < -0.3 is 20.1 Å². The van der Waals surface area contributed by atoms with Gasteiger partial charge in [-0.15, -0.1) is 0 Å². The molecule has 0 saturated carbocycles. The van der Waals surface area contributed by atoms with Crippen molar-refractivity contribution in [2.45, 2.75) is 57.3 Å². The Morgan fingerprint density at radius 1 is 1.42 bits per heavy atom. The molecule has 1 amide bonds. The van der Waals surface area contributed by atoms with E-state index in [1.807, 2.05) is 6.92 Å². The van der Waals surface area contributed by atoms with Crippen LogP contribution in [0.25, 0.3) is 0 Å². The van der Waals surface area contributed by atoms with Gasteiger partial charge >= 0.3 is 0 Å². The number of ether oxygens (including phenoxy) is 2. The molecule has 2 aliphatic heterocycles. The Bertz CT molecular complexity index is 274. The van der Waals surface area contributed by atoms with E-state index in [1.54, 1.807) is 0 Å². The molecule has 0 aliphatic carbocycles. The Morgan fingerprint density at radius 3 is 2.89 bits per heavy atom. The maximum atomic E-state index is 11.8. The fourth-order valence-electron chi connectivity index (χ4n) is 2.70. The van der Waals surface area contributed by atoms with E-state index in [1.165, 1.54) is 0 Å². The molecule has 2 atom stereocenters. The van der Waals surface area contributed by atoms with E-state index in [4.69, 9.17) is 9.47 Å². The van der Waals surface area contributed by atoms with Gasteiger partial charge in [0.25, 0.3) is 0 Å². The lowest BCUT2D eigenvalue weighted by molar-refractivity contribution is -0.124. The van der Waals surface area contributed by atoms with Gasteiger partial charge in [-0.25, -0.2) is 0 Å². The van der Waals surface area contributed by atoms with Crippen LogP contribution in [-0.2, 0) is 14.3 Å². The maximum Gasteiger partial charge on any atom is 0.222 e. The van der Waals surface area contributed by atoms with Crippen molar-refractivity contribution in [3.63, 3.8) is 0 Å². The van der Waals surface area contributed by atoms with Gasteiger partial charge in [-0.3, -0.25) is 4.79 Å². The van der Waals surface area contributed by atoms with E-state index < -0.39 is 0 Å². The molecule has 2 saturated heterocycles. The summed E-state index contributed by atoms with van der Waals surface area (Å²) in [4.78, 5) is 11.8. The molecule has 0 aromatic rings. The first-order chi connectivity index (χ1) is 9.25. The molecule has 2 fully saturated rings. The smallest absolute Gasteiger partial charge is 0.222 e. The Labute approximate surface area is 115 Å². The van der Waals surface area contributed by atoms with Crippen LogP contribution in [0, 0.1) is 0 Å². The third kappa shape index (κ3) is 5.09. The minimum atomic E-state index is 0.0666. The maximum absolute atomic E-state index is 11.8. The Morgan fingerprint density at radius 2 is 2.21 bits per heavy atom. The van der Waals surface area contributed by atoms with Gasteiger partial charge in [-0.1, -0.05) is 0 Å². The Hall–Kier alpha value is -0.650.